The molecule has 3 heterocycles. The van der Waals surface area contributed by atoms with Crippen molar-refractivity contribution in [2.24, 2.45) is 0 Å². The Morgan fingerprint density at radius 2 is 1.71 bits per heavy atom. The molecule has 1 aromatic heterocycles. The third-order valence-electron chi connectivity index (χ3n) is 7.59. The molecular formula is C29H25F7N2O2S. The SMILES string of the molecule is COc1cc(F)c(C(C)C)cc1-c1ccc(C(F)(F)F)cc1[C@@H]1CCC2C(c3ccnc(C(F)(F)F)c3)SC(=O)N21. The van der Waals surface area contributed by atoms with Gasteiger partial charge in [0.05, 0.1) is 24.0 Å². The summed E-state index contributed by atoms with van der Waals surface area (Å²) in [6.07, 6.45) is -7.64. The number of pyridine rings is 1. The second-order valence-corrected chi connectivity index (χ2v) is 11.5. The number of hydrogen-bond acceptors (Lipinski definition) is 4. The molecule has 12 heteroatoms. The topological polar surface area (TPSA) is 42.4 Å². The summed E-state index contributed by atoms with van der Waals surface area (Å²) in [6, 6.07) is 6.98. The molecule has 2 fully saturated rings. The second-order valence-electron chi connectivity index (χ2n) is 10.4. The summed E-state index contributed by atoms with van der Waals surface area (Å²) >= 11 is 0.851. The van der Waals surface area contributed by atoms with E-state index in [4.69, 9.17) is 4.74 Å². The Balaban J connectivity index is 1.62. The maximum atomic E-state index is 14.8. The second kappa shape index (κ2) is 10.5. The van der Waals surface area contributed by atoms with Crippen LogP contribution in [0.15, 0.2) is 48.7 Å². The van der Waals surface area contributed by atoms with Gasteiger partial charge in [0.1, 0.15) is 17.3 Å². The third kappa shape index (κ3) is 5.38. The van der Waals surface area contributed by atoms with Crippen LogP contribution in [0.4, 0.5) is 35.5 Å². The number of methoxy groups -OCH3 is 1. The number of thioether (sulfide) groups is 1. The summed E-state index contributed by atoms with van der Waals surface area (Å²) in [5.74, 6) is -0.619. The lowest BCUT2D eigenvalue weighted by atomic mass is 9.89. The molecule has 2 aromatic carbocycles. The van der Waals surface area contributed by atoms with Crippen molar-refractivity contribution in [1.29, 1.82) is 0 Å². The summed E-state index contributed by atoms with van der Waals surface area (Å²) < 4.78 is 102. The molecule has 2 aliphatic rings. The van der Waals surface area contributed by atoms with E-state index in [1.54, 1.807) is 19.9 Å². The molecule has 218 valence electrons. The van der Waals surface area contributed by atoms with E-state index < -0.39 is 52.0 Å². The molecule has 0 spiro atoms. The van der Waals surface area contributed by atoms with E-state index in [2.05, 4.69) is 4.98 Å². The summed E-state index contributed by atoms with van der Waals surface area (Å²) in [5, 5.41) is -1.09. The molecule has 3 atom stereocenters. The van der Waals surface area contributed by atoms with E-state index in [-0.39, 0.29) is 22.8 Å². The van der Waals surface area contributed by atoms with Crippen molar-refractivity contribution < 1.29 is 40.3 Å². The fraction of sp³-hybridized carbons (Fsp3) is 0.379. The van der Waals surface area contributed by atoms with Crippen LogP contribution in [-0.4, -0.2) is 28.3 Å². The van der Waals surface area contributed by atoms with Crippen molar-refractivity contribution in [2.75, 3.05) is 7.11 Å². The van der Waals surface area contributed by atoms with E-state index in [1.807, 2.05) is 0 Å². The number of carbonyl (C=O) groups excluding carboxylic acids is 1. The quantitative estimate of drug-likeness (QED) is 0.275. The molecule has 0 N–H and O–H groups in total. The average Bonchev–Trinajstić information content (AvgIpc) is 3.48. The Kier molecular flexibility index (Phi) is 7.50. The molecule has 2 unspecified atom stereocenters. The number of amides is 1. The summed E-state index contributed by atoms with van der Waals surface area (Å²) in [7, 11) is 1.33. The lowest BCUT2D eigenvalue weighted by molar-refractivity contribution is -0.141. The zero-order valence-electron chi connectivity index (χ0n) is 22.1. The van der Waals surface area contributed by atoms with Crippen LogP contribution >= 0.6 is 11.8 Å². The van der Waals surface area contributed by atoms with Gasteiger partial charge >= 0.3 is 12.4 Å². The first kappa shape index (κ1) is 29.2. The minimum absolute atomic E-state index is 0.124. The van der Waals surface area contributed by atoms with Crippen molar-refractivity contribution in [3.05, 3.63) is 82.4 Å². The third-order valence-corrected chi connectivity index (χ3v) is 8.84. The molecule has 2 aliphatic heterocycles. The number of carbonyl (C=O) groups is 1. The number of alkyl halides is 6. The average molecular weight is 599 g/mol. The molecule has 3 aromatic rings. The Morgan fingerprint density at radius 3 is 2.34 bits per heavy atom. The van der Waals surface area contributed by atoms with Gasteiger partial charge in [-0.1, -0.05) is 31.7 Å². The summed E-state index contributed by atoms with van der Waals surface area (Å²) in [5.41, 5.74) is -0.434. The number of rotatable bonds is 5. The van der Waals surface area contributed by atoms with Gasteiger partial charge in [-0.2, -0.15) is 26.3 Å². The van der Waals surface area contributed by atoms with Gasteiger partial charge in [0, 0.05) is 23.9 Å². The molecule has 41 heavy (non-hydrogen) atoms. The van der Waals surface area contributed by atoms with Crippen LogP contribution < -0.4 is 4.74 Å². The maximum absolute atomic E-state index is 14.8. The van der Waals surface area contributed by atoms with Crippen LogP contribution in [0.5, 0.6) is 5.75 Å². The predicted molar refractivity (Wildman–Crippen MR) is 140 cm³/mol. The van der Waals surface area contributed by atoms with Gasteiger partial charge < -0.3 is 9.64 Å². The Labute approximate surface area is 235 Å². The van der Waals surface area contributed by atoms with Gasteiger partial charge in [-0.15, -0.1) is 0 Å². The number of fused-ring (bicyclic) bond motifs is 1. The monoisotopic (exact) mass is 598 g/mol. The van der Waals surface area contributed by atoms with Crippen LogP contribution in [0.3, 0.4) is 0 Å². The van der Waals surface area contributed by atoms with Gasteiger partial charge in [-0.3, -0.25) is 9.78 Å². The van der Waals surface area contributed by atoms with Gasteiger partial charge in [0.15, 0.2) is 0 Å². The Bertz CT molecular complexity index is 1490. The molecule has 0 saturated carbocycles. The highest BCUT2D eigenvalue weighted by molar-refractivity contribution is 8.14. The number of nitrogens with zero attached hydrogens (tertiary/aromatic N) is 2. The van der Waals surface area contributed by atoms with E-state index >= 15 is 0 Å². The first-order chi connectivity index (χ1) is 19.2. The van der Waals surface area contributed by atoms with E-state index in [1.165, 1.54) is 30.2 Å². The van der Waals surface area contributed by atoms with Crippen LogP contribution in [0, 0.1) is 5.82 Å². The molecule has 1 amide bonds. The molecule has 5 rings (SSSR count). The van der Waals surface area contributed by atoms with Gasteiger partial charge in [0.2, 0.25) is 0 Å². The van der Waals surface area contributed by atoms with Crippen molar-refractivity contribution >= 4 is 17.0 Å². The highest BCUT2D eigenvalue weighted by atomic mass is 32.2. The molecule has 0 bridgehead atoms. The minimum Gasteiger partial charge on any atom is -0.496 e. The van der Waals surface area contributed by atoms with Crippen LogP contribution in [0.2, 0.25) is 0 Å². The highest BCUT2D eigenvalue weighted by Gasteiger charge is 2.50. The fourth-order valence-electron chi connectivity index (χ4n) is 5.67. The zero-order chi connectivity index (χ0) is 29.9. The molecule has 2 saturated heterocycles. The summed E-state index contributed by atoms with van der Waals surface area (Å²) in [4.78, 5) is 18.2. The number of hydrogen-bond donors (Lipinski definition) is 0. The van der Waals surface area contributed by atoms with Gasteiger partial charge in [0.25, 0.3) is 5.24 Å². The van der Waals surface area contributed by atoms with Crippen molar-refractivity contribution in [3.63, 3.8) is 0 Å². The van der Waals surface area contributed by atoms with Gasteiger partial charge in [-0.25, -0.2) is 4.39 Å². The number of ether oxygens (including phenoxy) is 1. The smallest absolute Gasteiger partial charge is 0.433 e. The fourth-order valence-corrected chi connectivity index (χ4v) is 6.98. The summed E-state index contributed by atoms with van der Waals surface area (Å²) in [6.45, 7) is 3.57. The Hall–Kier alpha value is -3.28. The van der Waals surface area contributed by atoms with Gasteiger partial charge in [-0.05, 0) is 71.3 Å². The van der Waals surface area contributed by atoms with Crippen LogP contribution in [0.25, 0.3) is 11.1 Å². The minimum atomic E-state index is -4.67. The van der Waals surface area contributed by atoms with E-state index in [0.717, 1.165) is 36.2 Å². The van der Waals surface area contributed by atoms with Crippen molar-refractivity contribution in [1.82, 2.24) is 9.88 Å². The van der Waals surface area contributed by atoms with E-state index in [0.29, 0.717) is 29.5 Å². The number of aromatic nitrogens is 1. The largest absolute Gasteiger partial charge is 0.496 e. The normalized spacial score (nSPS) is 21.1. The van der Waals surface area contributed by atoms with E-state index in [9.17, 15) is 35.5 Å². The first-order valence-electron chi connectivity index (χ1n) is 12.8. The zero-order valence-corrected chi connectivity index (χ0v) is 22.9. The van der Waals surface area contributed by atoms with Crippen LogP contribution in [0.1, 0.15) is 71.8 Å². The first-order valence-corrected chi connectivity index (χ1v) is 13.7. The lowest BCUT2D eigenvalue weighted by Gasteiger charge is -2.28. The van der Waals surface area contributed by atoms with Crippen molar-refractivity contribution in [2.45, 2.75) is 62.3 Å². The number of halogens is 7. The maximum Gasteiger partial charge on any atom is 0.433 e. The van der Waals surface area contributed by atoms with Crippen LogP contribution in [-0.2, 0) is 12.4 Å². The predicted octanol–water partition coefficient (Wildman–Crippen LogP) is 9.17. The molecule has 4 nitrogen and oxygen atoms in total. The molecule has 0 radical (unpaired) electrons. The Morgan fingerprint density at radius 1 is 0.976 bits per heavy atom. The van der Waals surface area contributed by atoms with Crippen molar-refractivity contribution in [3.8, 4) is 16.9 Å². The number of benzene rings is 2. The highest BCUT2D eigenvalue weighted by Crippen LogP contribution is 2.55. The molecule has 0 aliphatic carbocycles. The lowest BCUT2D eigenvalue weighted by Crippen LogP contribution is -2.31. The molecular weight excluding hydrogens is 573 g/mol. The standard InChI is InChI=1S/C29H25F7N2O2S/c1-14(2)18-12-20(24(40-3)13-21(18)30)17-5-4-16(28(31,32)33)11-19(17)22-6-7-23-26(41-27(39)38(22)23)15-8-9-37-25(10-15)29(34,35)36/h4-5,8-14,22-23,26H,6-7H2,1-3H3/t22-,23?,26?/m0/s1.